The van der Waals surface area contributed by atoms with Crippen molar-refractivity contribution in [2.75, 3.05) is 26.2 Å². The van der Waals surface area contributed by atoms with Gasteiger partial charge in [-0.2, -0.15) is 5.26 Å². The Morgan fingerprint density at radius 3 is 2.40 bits per heavy atom. The van der Waals surface area contributed by atoms with Gasteiger partial charge >= 0.3 is 0 Å². The van der Waals surface area contributed by atoms with Gasteiger partial charge in [0.15, 0.2) is 0 Å². The number of ether oxygens (including phenoxy) is 1. The summed E-state index contributed by atoms with van der Waals surface area (Å²) in [5.41, 5.74) is 3.30. The average Bonchev–Trinajstić information content (AvgIpc) is 3.29. The summed E-state index contributed by atoms with van der Waals surface area (Å²) in [6.07, 6.45) is 4.66. The van der Waals surface area contributed by atoms with Gasteiger partial charge < -0.3 is 15.0 Å². The first-order chi connectivity index (χ1) is 20.1. The second-order valence-electron chi connectivity index (χ2n) is 13.8. The van der Waals surface area contributed by atoms with Gasteiger partial charge in [-0.15, -0.1) is 0 Å². The molecule has 0 spiro atoms. The number of carbonyl (C=O) groups is 1. The molecule has 220 valence electrons. The summed E-state index contributed by atoms with van der Waals surface area (Å²) in [5.74, 6) is 8.08. The Kier molecular flexibility index (Phi) is 7.54. The fraction of sp³-hybridized carbons (Fsp3) is 0.571. The first kappa shape index (κ1) is 28.7. The van der Waals surface area contributed by atoms with Crippen LogP contribution in [0.25, 0.3) is 0 Å². The second kappa shape index (κ2) is 11.0. The molecule has 3 heterocycles. The number of benzene rings is 1. The Bertz CT molecular complexity index is 1450. The normalized spacial score (nSPS) is 28.2. The summed E-state index contributed by atoms with van der Waals surface area (Å²) >= 11 is 0. The molecule has 0 radical (unpaired) electrons. The Balaban J connectivity index is 1.11. The number of nitriles is 1. The molecule has 6 rings (SSSR count). The highest BCUT2D eigenvalue weighted by molar-refractivity contribution is 5.98. The van der Waals surface area contributed by atoms with Crippen LogP contribution in [-0.2, 0) is 6.54 Å². The van der Waals surface area contributed by atoms with Crippen LogP contribution in [0.3, 0.4) is 0 Å². The maximum atomic E-state index is 13.6. The Morgan fingerprint density at radius 2 is 1.74 bits per heavy atom. The third kappa shape index (κ3) is 5.08. The number of aromatic nitrogens is 1. The molecule has 0 unspecified atom stereocenters. The van der Waals surface area contributed by atoms with E-state index in [0.29, 0.717) is 29.6 Å². The topological polar surface area (TPSA) is 81.5 Å². The van der Waals surface area contributed by atoms with Crippen molar-refractivity contribution in [3.05, 3.63) is 58.4 Å². The van der Waals surface area contributed by atoms with Crippen LogP contribution in [0.1, 0.15) is 86.3 Å². The number of pyridine rings is 1. The van der Waals surface area contributed by atoms with Crippen molar-refractivity contribution in [1.82, 2.24) is 20.1 Å². The SMILES string of the molecule is Cc1cc(O[C@H]2C(C)(C)[C@H](N3Cc4nc(C#C[C@H]5CC[C@H](N6CCNCC6)CC5)ccc4C3=O)C2(C)C)ccc1C#N. The molecule has 1 N–H and O–H groups in total. The van der Waals surface area contributed by atoms with Crippen LogP contribution < -0.4 is 10.1 Å². The largest absolute Gasteiger partial charge is 0.489 e. The van der Waals surface area contributed by atoms with Gasteiger partial charge in [0.1, 0.15) is 17.5 Å². The molecule has 2 aromatic rings. The first-order valence-corrected chi connectivity index (χ1v) is 15.5. The lowest BCUT2D eigenvalue weighted by Crippen LogP contribution is -2.74. The predicted octanol–water partition coefficient (Wildman–Crippen LogP) is 4.92. The van der Waals surface area contributed by atoms with Gasteiger partial charge in [0.25, 0.3) is 5.91 Å². The molecule has 4 aliphatic rings. The molecule has 1 aromatic carbocycles. The van der Waals surface area contributed by atoms with Gasteiger partial charge in [-0.25, -0.2) is 4.98 Å². The monoisotopic (exact) mass is 565 g/mol. The number of amides is 1. The molecule has 1 saturated heterocycles. The Labute approximate surface area is 250 Å². The summed E-state index contributed by atoms with van der Waals surface area (Å²) in [4.78, 5) is 23.1. The third-order valence-electron chi connectivity index (χ3n) is 10.2. The average molecular weight is 566 g/mol. The van der Waals surface area contributed by atoms with Gasteiger partial charge in [-0.1, -0.05) is 33.6 Å². The van der Waals surface area contributed by atoms with E-state index in [1.54, 1.807) is 0 Å². The molecule has 0 atom stereocenters. The number of aryl methyl sites for hydroxylation is 1. The van der Waals surface area contributed by atoms with Gasteiger partial charge in [0.05, 0.1) is 29.4 Å². The second-order valence-corrected chi connectivity index (χ2v) is 13.8. The molecular weight excluding hydrogens is 522 g/mol. The highest BCUT2D eigenvalue weighted by Crippen LogP contribution is 2.59. The van der Waals surface area contributed by atoms with E-state index in [4.69, 9.17) is 9.72 Å². The van der Waals surface area contributed by atoms with Gasteiger partial charge in [-0.3, -0.25) is 9.69 Å². The lowest BCUT2D eigenvalue weighted by molar-refractivity contribution is -0.199. The highest BCUT2D eigenvalue weighted by atomic mass is 16.5. The smallest absolute Gasteiger partial charge is 0.256 e. The summed E-state index contributed by atoms with van der Waals surface area (Å²) in [5, 5.41) is 12.7. The molecule has 2 saturated carbocycles. The fourth-order valence-electron chi connectivity index (χ4n) is 8.48. The first-order valence-electron chi connectivity index (χ1n) is 15.5. The standard InChI is InChI=1S/C35H43N5O2/c1-23-20-28(14-9-25(23)21-36)42-33-34(2,3)32(35(33,4)5)40-22-30-29(31(40)41)15-11-26(38-30)10-6-24-7-12-27(13-8-24)39-18-16-37-17-19-39/h9,11,14-15,20,24,27,32-33,37H,7-8,12-13,16-19,22H2,1-5H3/t24-,27-,32-,33-. The molecule has 42 heavy (non-hydrogen) atoms. The highest BCUT2D eigenvalue weighted by Gasteiger charge is 2.67. The predicted molar refractivity (Wildman–Crippen MR) is 163 cm³/mol. The molecule has 1 aromatic heterocycles. The van der Waals surface area contributed by atoms with Crippen molar-refractivity contribution >= 4 is 5.91 Å². The van der Waals surface area contributed by atoms with E-state index in [0.717, 1.165) is 61.7 Å². The van der Waals surface area contributed by atoms with Crippen LogP contribution in [-0.4, -0.2) is 65.1 Å². The molecule has 1 amide bonds. The minimum atomic E-state index is -0.269. The van der Waals surface area contributed by atoms with E-state index < -0.39 is 0 Å². The summed E-state index contributed by atoms with van der Waals surface area (Å²) in [6.45, 7) is 15.7. The van der Waals surface area contributed by atoms with E-state index in [9.17, 15) is 10.1 Å². The van der Waals surface area contributed by atoms with Crippen molar-refractivity contribution < 1.29 is 9.53 Å². The van der Waals surface area contributed by atoms with E-state index in [-0.39, 0.29) is 28.9 Å². The number of nitrogens with zero attached hydrogens (tertiary/aromatic N) is 4. The molecular formula is C35H43N5O2. The lowest BCUT2D eigenvalue weighted by atomic mass is 9.49. The van der Waals surface area contributed by atoms with Crippen molar-refractivity contribution in [2.45, 2.75) is 85.0 Å². The van der Waals surface area contributed by atoms with Crippen molar-refractivity contribution in [1.29, 1.82) is 5.26 Å². The Morgan fingerprint density at radius 1 is 1.02 bits per heavy atom. The minimum Gasteiger partial charge on any atom is -0.489 e. The maximum absolute atomic E-state index is 13.6. The van der Waals surface area contributed by atoms with E-state index in [2.05, 4.69) is 55.8 Å². The molecule has 2 aliphatic carbocycles. The zero-order valence-corrected chi connectivity index (χ0v) is 25.7. The minimum absolute atomic E-state index is 0.00316. The number of piperazine rings is 1. The van der Waals surface area contributed by atoms with Crippen LogP contribution in [0.15, 0.2) is 30.3 Å². The summed E-state index contributed by atoms with van der Waals surface area (Å²) in [7, 11) is 0. The number of rotatable bonds is 4. The van der Waals surface area contributed by atoms with E-state index in [1.807, 2.05) is 42.2 Å². The number of nitrogens with one attached hydrogen (secondary N) is 1. The van der Waals surface area contributed by atoms with E-state index in [1.165, 1.54) is 12.8 Å². The van der Waals surface area contributed by atoms with Gasteiger partial charge in [0, 0.05) is 55.0 Å². The molecule has 2 aliphatic heterocycles. The third-order valence-corrected chi connectivity index (χ3v) is 10.2. The molecule has 7 heteroatoms. The van der Waals surface area contributed by atoms with Crippen LogP contribution >= 0.6 is 0 Å². The fourth-order valence-corrected chi connectivity index (χ4v) is 8.48. The van der Waals surface area contributed by atoms with E-state index >= 15 is 0 Å². The van der Waals surface area contributed by atoms with Crippen LogP contribution in [0.5, 0.6) is 5.75 Å². The van der Waals surface area contributed by atoms with Crippen LogP contribution in [0.2, 0.25) is 0 Å². The zero-order valence-electron chi connectivity index (χ0n) is 25.7. The quantitative estimate of drug-likeness (QED) is 0.531. The summed E-state index contributed by atoms with van der Waals surface area (Å²) < 4.78 is 6.53. The van der Waals surface area contributed by atoms with Crippen molar-refractivity contribution in [3.8, 4) is 23.7 Å². The van der Waals surface area contributed by atoms with Crippen molar-refractivity contribution in [2.24, 2.45) is 16.7 Å². The molecule has 0 bridgehead atoms. The van der Waals surface area contributed by atoms with Crippen LogP contribution in [0, 0.1) is 46.8 Å². The zero-order chi connectivity index (χ0) is 29.6. The molecule has 3 fully saturated rings. The number of carbonyl (C=O) groups excluding carboxylic acids is 1. The summed E-state index contributed by atoms with van der Waals surface area (Å²) in [6, 6.07) is 12.4. The van der Waals surface area contributed by atoms with Crippen LogP contribution in [0.4, 0.5) is 0 Å². The number of hydrogen-bond donors (Lipinski definition) is 1. The number of hydrogen-bond acceptors (Lipinski definition) is 6. The maximum Gasteiger partial charge on any atom is 0.256 e. The Hall–Kier alpha value is -3.39. The number of fused-ring (bicyclic) bond motifs is 1. The molecule has 7 nitrogen and oxygen atoms in total. The lowest BCUT2D eigenvalue weighted by Gasteiger charge is -2.65. The van der Waals surface area contributed by atoms with Gasteiger partial charge in [-0.05, 0) is 74.4 Å². The van der Waals surface area contributed by atoms with Crippen molar-refractivity contribution in [3.63, 3.8) is 0 Å². The van der Waals surface area contributed by atoms with Gasteiger partial charge in [0.2, 0.25) is 0 Å².